The van der Waals surface area contributed by atoms with Crippen LogP contribution in [0.25, 0.3) is 16.9 Å². The van der Waals surface area contributed by atoms with Gasteiger partial charge in [0.1, 0.15) is 22.4 Å². The molecule has 3 aromatic rings. The minimum Gasteiger partial charge on any atom is -0.495 e. The number of fused-ring (bicyclic) bond motifs is 1. The van der Waals surface area contributed by atoms with Crippen molar-refractivity contribution in [2.75, 3.05) is 27.3 Å². The Hall–Kier alpha value is -3.34. The molecule has 0 atom stereocenters. The van der Waals surface area contributed by atoms with Gasteiger partial charge in [-0.25, -0.2) is 17.8 Å². The number of halogens is 1. The molecule has 0 aliphatic carbocycles. The first kappa shape index (κ1) is 24.8. The lowest BCUT2D eigenvalue weighted by molar-refractivity contribution is -0.137. The van der Waals surface area contributed by atoms with Crippen molar-refractivity contribution in [3.8, 4) is 28.5 Å². The predicted molar refractivity (Wildman–Crippen MR) is 127 cm³/mol. The van der Waals surface area contributed by atoms with Gasteiger partial charge < -0.3 is 19.1 Å². The van der Waals surface area contributed by atoms with E-state index in [1.807, 2.05) is 0 Å². The van der Waals surface area contributed by atoms with Crippen LogP contribution in [0.1, 0.15) is 27.7 Å². The number of hydrogen-bond acceptors (Lipinski definition) is 7. The minimum atomic E-state index is -3.76. The van der Waals surface area contributed by atoms with Gasteiger partial charge in [-0.3, -0.25) is 9.20 Å². The molecule has 35 heavy (non-hydrogen) atoms. The number of ether oxygens (including phenoxy) is 3. The van der Waals surface area contributed by atoms with Gasteiger partial charge in [-0.1, -0.05) is 0 Å². The van der Waals surface area contributed by atoms with Gasteiger partial charge in [0.2, 0.25) is 5.91 Å². The molecular formula is C24H28FN3O6S. The third-order valence-electron chi connectivity index (χ3n) is 5.99. The van der Waals surface area contributed by atoms with Gasteiger partial charge in [0, 0.05) is 24.8 Å². The van der Waals surface area contributed by atoms with Crippen LogP contribution in [0.2, 0.25) is 0 Å². The lowest BCUT2D eigenvalue weighted by atomic mass is 10.1. The molecule has 1 aromatic carbocycles. The molecule has 4 rings (SSSR count). The molecule has 0 spiro atoms. The lowest BCUT2D eigenvalue weighted by Gasteiger charge is -2.38. The minimum absolute atomic E-state index is 0.00324. The molecule has 11 heteroatoms. The molecule has 0 radical (unpaired) electrons. The third kappa shape index (κ3) is 4.29. The summed E-state index contributed by atoms with van der Waals surface area (Å²) in [4.78, 5) is 17.4. The fraction of sp³-hybridized carbons (Fsp3) is 0.417. The smallest absolute Gasteiger partial charge is 0.219 e. The number of benzene rings is 1. The van der Waals surface area contributed by atoms with Crippen molar-refractivity contribution in [3.05, 3.63) is 36.4 Å². The molecule has 0 N–H and O–H groups in total. The van der Waals surface area contributed by atoms with Crippen LogP contribution in [-0.2, 0) is 14.6 Å². The molecule has 1 aliphatic heterocycles. The number of imidazole rings is 1. The average Bonchev–Trinajstić information content (AvgIpc) is 3.16. The molecule has 1 saturated heterocycles. The Bertz CT molecular complexity index is 1400. The van der Waals surface area contributed by atoms with Crippen LogP contribution in [0.3, 0.4) is 0 Å². The maximum absolute atomic E-state index is 15.0. The van der Waals surface area contributed by atoms with Crippen LogP contribution in [0, 0.1) is 5.82 Å². The first-order valence-corrected chi connectivity index (χ1v) is 12.5. The van der Waals surface area contributed by atoms with E-state index in [9.17, 15) is 13.2 Å². The van der Waals surface area contributed by atoms with Gasteiger partial charge in [-0.2, -0.15) is 0 Å². The maximum atomic E-state index is 15.0. The first-order chi connectivity index (χ1) is 16.4. The van der Waals surface area contributed by atoms with E-state index in [1.54, 1.807) is 36.1 Å². The van der Waals surface area contributed by atoms with Gasteiger partial charge in [-0.05, 0) is 32.9 Å². The number of amides is 1. The second kappa shape index (κ2) is 8.71. The average molecular weight is 506 g/mol. The molecule has 1 amide bonds. The maximum Gasteiger partial charge on any atom is 0.219 e. The van der Waals surface area contributed by atoms with Crippen molar-refractivity contribution in [1.29, 1.82) is 0 Å². The quantitative estimate of drug-likeness (QED) is 0.507. The Morgan fingerprint density at radius 1 is 1.11 bits per heavy atom. The third-order valence-corrected chi connectivity index (χ3v) is 8.48. The van der Waals surface area contributed by atoms with Crippen LogP contribution in [0.15, 0.2) is 35.5 Å². The number of carbonyl (C=O) groups is 1. The molecule has 0 unspecified atom stereocenters. The number of pyridine rings is 1. The van der Waals surface area contributed by atoms with Crippen molar-refractivity contribution in [2.24, 2.45) is 0 Å². The van der Waals surface area contributed by atoms with E-state index in [0.717, 1.165) is 0 Å². The Morgan fingerprint density at radius 3 is 2.37 bits per heavy atom. The van der Waals surface area contributed by atoms with Crippen LogP contribution < -0.4 is 14.2 Å². The highest BCUT2D eigenvalue weighted by molar-refractivity contribution is 7.92. The summed E-state index contributed by atoms with van der Waals surface area (Å²) in [6, 6.07) is 4.42. The van der Waals surface area contributed by atoms with E-state index in [0.29, 0.717) is 30.0 Å². The molecule has 188 valence electrons. The van der Waals surface area contributed by atoms with Crippen LogP contribution in [0.4, 0.5) is 4.39 Å². The number of hydrogen-bond donors (Lipinski definition) is 0. The number of nitrogens with zero attached hydrogens (tertiary/aromatic N) is 3. The zero-order chi connectivity index (χ0) is 25.7. The van der Waals surface area contributed by atoms with E-state index < -0.39 is 20.4 Å². The number of rotatable bonds is 6. The van der Waals surface area contributed by atoms with E-state index in [4.69, 9.17) is 14.2 Å². The monoisotopic (exact) mass is 505 g/mol. The van der Waals surface area contributed by atoms with Gasteiger partial charge >= 0.3 is 0 Å². The molecule has 0 saturated carbocycles. The van der Waals surface area contributed by atoms with E-state index in [1.165, 1.54) is 45.7 Å². The molecular weight excluding hydrogens is 477 g/mol. The lowest BCUT2D eigenvalue weighted by Crippen LogP contribution is -2.55. The van der Waals surface area contributed by atoms with E-state index in [-0.39, 0.29) is 34.2 Å². The Labute approximate surface area is 203 Å². The summed E-state index contributed by atoms with van der Waals surface area (Å²) >= 11 is 0. The largest absolute Gasteiger partial charge is 0.495 e. The number of sulfone groups is 1. The highest BCUT2D eigenvalue weighted by Gasteiger charge is 2.35. The summed E-state index contributed by atoms with van der Waals surface area (Å²) in [6.07, 6.45) is 2.67. The van der Waals surface area contributed by atoms with Crippen molar-refractivity contribution in [1.82, 2.24) is 14.3 Å². The van der Waals surface area contributed by atoms with Crippen molar-refractivity contribution < 1.29 is 31.8 Å². The summed E-state index contributed by atoms with van der Waals surface area (Å²) in [5, 5.41) is 0. The number of methoxy groups -OCH3 is 2. The summed E-state index contributed by atoms with van der Waals surface area (Å²) in [6.45, 7) is 7.09. The fourth-order valence-electron chi connectivity index (χ4n) is 3.84. The van der Waals surface area contributed by atoms with Crippen LogP contribution in [0.5, 0.6) is 17.2 Å². The van der Waals surface area contributed by atoms with Gasteiger partial charge in [-0.15, -0.1) is 0 Å². The fourth-order valence-corrected chi connectivity index (χ4v) is 5.15. The van der Waals surface area contributed by atoms with Crippen LogP contribution >= 0.6 is 0 Å². The SMILES string of the molecule is COc1cc2ncc(-c3cc(F)c(OC)c(OC4CN(C(C)=O)C4)c3)n2cc1S(=O)(=O)C(C)(C)C. The van der Waals surface area contributed by atoms with E-state index in [2.05, 4.69) is 4.98 Å². The number of aromatic nitrogens is 2. The molecule has 2 aromatic heterocycles. The van der Waals surface area contributed by atoms with E-state index >= 15 is 4.39 Å². The highest BCUT2D eigenvalue weighted by atomic mass is 32.2. The number of likely N-dealkylation sites (tertiary alicyclic amines) is 1. The highest BCUT2D eigenvalue weighted by Crippen LogP contribution is 2.39. The zero-order valence-electron chi connectivity index (χ0n) is 20.5. The van der Waals surface area contributed by atoms with Gasteiger partial charge in [0.15, 0.2) is 27.2 Å². The second-order valence-corrected chi connectivity index (χ2v) is 12.0. The van der Waals surface area contributed by atoms with Crippen LogP contribution in [-0.4, -0.2) is 66.8 Å². The normalized spacial score (nSPS) is 14.7. The molecule has 1 fully saturated rings. The van der Waals surface area contributed by atoms with Crippen molar-refractivity contribution in [2.45, 2.75) is 43.4 Å². The molecule has 0 bridgehead atoms. The first-order valence-electron chi connectivity index (χ1n) is 11.0. The summed E-state index contributed by atoms with van der Waals surface area (Å²) in [5.41, 5.74) is 1.30. The summed E-state index contributed by atoms with van der Waals surface area (Å²) in [7, 11) is -1.02. The molecule has 9 nitrogen and oxygen atoms in total. The Morgan fingerprint density at radius 2 is 1.80 bits per heavy atom. The predicted octanol–water partition coefficient (Wildman–Crippen LogP) is 3.34. The molecule has 1 aliphatic rings. The van der Waals surface area contributed by atoms with Gasteiger partial charge in [0.25, 0.3) is 0 Å². The number of carbonyl (C=O) groups excluding carboxylic acids is 1. The molecule has 3 heterocycles. The van der Waals surface area contributed by atoms with Crippen molar-refractivity contribution in [3.63, 3.8) is 0 Å². The zero-order valence-corrected chi connectivity index (χ0v) is 21.3. The standard InChI is InChI=1S/C24H28FN3O6S/c1-14(29)27-11-16(12-27)34-20-8-15(7-17(25)23(20)33-6)18-10-26-22-9-19(32-5)21(13-28(18)22)35(30,31)24(2,3)4/h7-10,13,16H,11-12H2,1-6H3. The summed E-state index contributed by atoms with van der Waals surface area (Å²) < 4.78 is 58.5. The van der Waals surface area contributed by atoms with Crippen molar-refractivity contribution >= 4 is 21.4 Å². The summed E-state index contributed by atoms with van der Waals surface area (Å²) in [5.74, 6) is -0.398. The second-order valence-electron chi connectivity index (χ2n) is 9.35. The van der Waals surface area contributed by atoms with Gasteiger partial charge in [0.05, 0.1) is 43.9 Å². The Kier molecular flexibility index (Phi) is 6.16. The Balaban J connectivity index is 1.81. The topological polar surface area (TPSA) is 99.4 Å².